The lowest BCUT2D eigenvalue weighted by atomic mass is 9.93. The van der Waals surface area contributed by atoms with Gasteiger partial charge in [-0.05, 0) is 38.2 Å². The van der Waals surface area contributed by atoms with Crippen molar-refractivity contribution < 1.29 is 13.9 Å². The van der Waals surface area contributed by atoms with Gasteiger partial charge in [-0.1, -0.05) is 13.8 Å². The largest absolute Gasteiger partial charge is 0.387 e. The van der Waals surface area contributed by atoms with Crippen molar-refractivity contribution in [2.45, 2.75) is 26.0 Å². The number of halogens is 2. The molecular weight excluding hydrogens is 262 g/mol. The Labute approximate surface area is 119 Å². The summed E-state index contributed by atoms with van der Waals surface area (Å²) in [5.74, 6) is -1.04. The highest BCUT2D eigenvalue weighted by atomic mass is 19.1. The lowest BCUT2D eigenvalue weighted by molar-refractivity contribution is 0.100. The second-order valence-electron chi connectivity index (χ2n) is 5.64. The number of benzene rings is 1. The monoisotopic (exact) mass is 286 g/mol. The molecule has 1 aromatic carbocycles. The van der Waals surface area contributed by atoms with Crippen molar-refractivity contribution >= 4 is 0 Å². The summed E-state index contributed by atoms with van der Waals surface area (Å²) in [6.45, 7) is 5.35. The Morgan fingerprint density at radius 3 is 2.45 bits per heavy atom. The SMILES string of the molecule is CC(C)C(NCCN(C)C)C(O)c1cc(F)ccc1F. The van der Waals surface area contributed by atoms with Crippen molar-refractivity contribution in [1.82, 2.24) is 10.2 Å². The van der Waals surface area contributed by atoms with E-state index in [0.29, 0.717) is 6.54 Å². The van der Waals surface area contributed by atoms with Crippen LogP contribution in [0.15, 0.2) is 18.2 Å². The molecule has 3 nitrogen and oxygen atoms in total. The lowest BCUT2D eigenvalue weighted by Crippen LogP contribution is -2.42. The third kappa shape index (κ3) is 4.81. The minimum absolute atomic E-state index is 0.000975. The van der Waals surface area contributed by atoms with E-state index < -0.39 is 17.7 Å². The second-order valence-corrected chi connectivity index (χ2v) is 5.64. The first kappa shape index (κ1) is 17.0. The first-order valence-electron chi connectivity index (χ1n) is 6.84. The summed E-state index contributed by atoms with van der Waals surface area (Å²) in [5, 5.41) is 13.6. The van der Waals surface area contributed by atoms with Gasteiger partial charge in [0.1, 0.15) is 11.6 Å². The average molecular weight is 286 g/mol. The average Bonchev–Trinajstić information content (AvgIpc) is 2.36. The van der Waals surface area contributed by atoms with Crippen molar-refractivity contribution in [3.8, 4) is 0 Å². The fraction of sp³-hybridized carbons (Fsp3) is 0.600. The Kier molecular flexibility index (Phi) is 6.52. The van der Waals surface area contributed by atoms with Gasteiger partial charge < -0.3 is 15.3 Å². The van der Waals surface area contributed by atoms with Crippen LogP contribution in [0, 0.1) is 17.6 Å². The molecule has 0 spiro atoms. The van der Waals surface area contributed by atoms with Gasteiger partial charge in [0.05, 0.1) is 6.10 Å². The number of hydrogen-bond donors (Lipinski definition) is 2. The molecule has 1 aromatic rings. The van der Waals surface area contributed by atoms with Crippen LogP contribution in [0.1, 0.15) is 25.5 Å². The van der Waals surface area contributed by atoms with E-state index in [2.05, 4.69) is 5.32 Å². The van der Waals surface area contributed by atoms with E-state index in [9.17, 15) is 13.9 Å². The number of aliphatic hydroxyl groups excluding tert-OH is 1. The number of rotatable bonds is 7. The van der Waals surface area contributed by atoms with Gasteiger partial charge in [-0.15, -0.1) is 0 Å². The van der Waals surface area contributed by atoms with Crippen molar-refractivity contribution in [3.63, 3.8) is 0 Å². The predicted octanol–water partition coefficient (Wildman–Crippen LogP) is 2.17. The topological polar surface area (TPSA) is 35.5 Å². The number of likely N-dealkylation sites (N-methyl/N-ethyl adjacent to an activating group) is 1. The Bertz CT molecular complexity index is 424. The summed E-state index contributed by atoms with van der Waals surface area (Å²) in [5.41, 5.74) is 0.000975. The number of hydrogen-bond acceptors (Lipinski definition) is 3. The molecule has 0 aliphatic rings. The zero-order chi connectivity index (χ0) is 15.3. The molecule has 1 rings (SSSR count). The van der Waals surface area contributed by atoms with E-state index in [0.717, 1.165) is 24.7 Å². The van der Waals surface area contributed by atoms with Crippen molar-refractivity contribution in [3.05, 3.63) is 35.4 Å². The van der Waals surface area contributed by atoms with E-state index in [4.69, 9.17) is 0 Å². The van der Waals surface area contributed by atoms with Crippen LogP contribution in [0.5, 0.6) is 0 Å². The Morgan fingerprint density at radius 2 is 1.90 bits per heavy atom. The first-order valence-corrected chi connectivity index (χ1v) is 6.84. The molecule has 0 heterocycles. The fourth-order valence-corrected chi connectivity index (χ4v) is 2.10. The molecule has 0 radical (unpaired) electrons. The Morgan fingerprint density at radius 1 is 1.25 bits per heavy atom. The van der Waals surface area contributed by atoms with Crippen LogP contribution >= 0.6 is 0 Å². The lowest BCUT2D eigenvalue weighted by Gasteiger charge is -2.28. The fourth-order valence-electron chi connectivity index (χ4n) is 2.10. The Hall–Kier alpha value is -1.04. The molecule has 0 aliphatic carbocycles. The molecule has 0 amide bonds. The molecule has 2 unspecified atom stereocenters. The van der Waals surface area contributed by atoms with Crippen molar-refractivity contribution in [2.24, 2.45) is 5.92 Å². The van der Waals surface area contributed by atoms with E-state index >= 15 is 0 Å². The van der Waals surface area contributed by atoms with Gasteiger partial charge in [0.25, 0.3) is 0 Å². The van der Waals surface area contributed by atoms with E-state index in [-0.39, 0.29) is 17.5 Å². The maximum Gasteiger partial charge on any atom is 0.129 e. The van der Waals surface area contributed by atoms with Crippen LogP contribution in [0.25, 0.3) is 0 Å². The molecule has 0 saturated heterocycles. The number of nitrogens with zero attached hydrogens (tertiary/aromatic N) is 1. The maximum absolute atomic E-state index is 13.7. The van der Waals surface area contributed by atoms with Gasteiger partial charge in [-0.3, -0.25) is 0 Å². The van der Waals surface area contributed by atoms with Gasteiger partial charge in [0.2, 0.25) is 0 Å². The van der Waals surface area contributed by atoms with Gasteiger partial charge in [-0.2, -0.15) is 0 Å². The van der Waals surface area contributed by atoms with Crippen molar-refractivity contribution in [1.29, 1.82) is 0 Å². The molecule has 114 valence electrons. The minimum Gasteiger partial charge on any atom is -0.387 e. The number of aliphatic hydroxyl groups is 1. The molecule has 20 heavy (non-hydrogen) atoms. The zero-order valence-electron chi connectivity index (χ0n) is 12.5. The highest BCUT2D eigenvalue weighted by Gasteiger charge is 2.26. The predicted molar refractivity (Wildman–Crippen MR) is 76.5 cm³/mol. The summed E-state index contributed by atoms with van der Waals surface area (Å²) in [6.07, 6.45) is -1.08. The van der Waals surface area contributed by atoms with Crippen molar-refractivity contribution in [2.75, 3.05) is 27.2 Å². The second kappa shape index (κ2) is 7.67. The molecule has 0 saturated carbocycles. The third-order valence-corrected chi connectivity index (χ3v) is 3.27. The maximum atomic E-state index is 13.7. The molecule has 0 aromatic heterocycles. The first-order chi connectivity index (χ1) is 9.32. The van der Waals surface area contributed by atoms with Gasteiger partial charge >= 0.3 is 0 Å². The highest BCUT2D eigenvalue weighted by molar-refractivity contribution is 5.22. The summed E-state index contributed by atoms with van der Waals surface area (Å²) >= 11 is 0. The third-order valence-electron chi connectivity index (χ3n) is 3.27. The summed E-state index contributed by atoms with van der Waals surface area (Å²) in [4.78, 5) is 2.01. The van der Waals surface area contributed by atoms with Crippen LogP contribution < -0.4 is 5.32 Å². The molecule has 0 aliphatic heterocycles. The molecule has 2 atom stereocenters. The smallest absolute Gasteiger partial charge is 0.129 e. The molecule has 0 bridgehead atoms. The summed E-state index contributed by atoms with van der Waals surface area (Å²) < 4.78 is 27.0. The molecule has 2 N–H and O–H groups in total. The van der Waals surface area contributed by atoms with Gasteiger partial charge in [0.15, 0.2) is 0 Å². The Balaban J connectivity index is 2.82. The van der Waals surface area contributed by atoms with Crippen LogP contribution in [-0.2, 0) is 0 Å². The molecule has 0 fully saturated rings. The quantitative estimate of drug-likeness (QED) is 0.806. The van der Waals surface area contributed by atoms with E-state index in [1.54, 1.807) is 0 Å². The van der Waals surface area contributed by atoms with E-state index in [1.807, 2.05) is 32.8 Å². The standard InChI is InChI=1S/C15H24F2N2O/c1-10(2)14(18-7-8-19(3)4)15(20)12-9-11(16)5-6-13(12)17/h5-6,9-10,14-15,18,20H,7-8H2,1-4H3. The van der Waals surface area contributed by atoms with Crippen LogP contribution in [0.3, 0.4) is 0 Å². The van der Waals surface area contributed by atoms with E-state index in [1.165, 1.54) is 0 Å². The van der Waals surface area contributed by atoms with Gasteiger partial charge in [0, 0.05) is 24.7 Å². The highest BCUT2D eigenvalue weighted by Crippen LogP contribution is 2.25. The van der Waals surface area contributed by atoms with Crippen LogP contribution in [-0.4, -0.2) is 43.2 Å². The minimum atomic E-state index is -1.08. The molecular formula is C15H24F2N2O. The van der Waals surface area contributed by atoms with Gasteiger partial charge in [-0.25, -0.2) is 8.78 Å². The molecule has 5 heteroatoms. The summed E-state index contributed by atoms with van der Waals surface area (Å²) in [7, 11) is 3.91. The number of nitrogens with one attached hydrogen (secondary N) is 1. The normalized spacial score (nSPS) is 14.8. The van der Waals surface area contributed by atoms with Crippen LogP contribution in [0.4, 0.5) is 8.78 Å². The van der Waals surface area contributed by atoms with Crippen LogP contribution in [0.2, 0.25) is 0 Å². The zero-order valence-corrected chi connectivity index (χ0v) is 12.5. The summed E-state index contributed by atoms with van der Waals surface area (Å²) in [6, 6.07) is 2.83.